The molecule has 0 aromatic carbocycles. The molecular weight excluding hydrogens is 194 g/mol. The van der Waals surface area contributed by atoms with Gasteiger partial charge in [-0.2, -0.15) is 0 Å². The Morgan fingerprint density at radius 1 is 1.67 bits per heavy atom. The summed E-state index contributed by atoms with van der Waals surface area (Å²) in [4.78, 5) is 17.3. The van der Waals surface area contributed by atoms with Crippen LogP contribution >= 0.6 is 0 Å². The van der Waals surface area contributed by atoms with Crippen LogP contribution in [0.4, 0.5) is 0 Å². The van der Waals surface area contributed by atoms with Crippen molar-refractivity contribution in [3.63, 3.8) is 0 Å². The summed E-state index contributed by atoms with van der Waals surface area (Å²) in [7, 11) is 0. The van der Waals surface area contributed by atoms with Gasteiger partial charge >= 0.3 is 0 Å². The highest BCUT2D eigenvalue weighted by atomic mass is 16.3. The van der Waals surface area contributed by atoms with Gasteiger partial charge < -0.3 is 15.7 Å². The third kappa shape index (κ3) is 1.92. The van der Waals surface area contributed by atoms with Crippen molar-refractivity contribution >= 4 is 5.91 Å². The highest BCUT2D eigenvalue weighted by molar-refractivity contribution is 5.94. The third-order valence-electron chi connectivity index (χ3n) is 2.50. The summed E-state index contributed by atoms with van der Waals surface area (Å²) in [5.41, 5.74) is 5.81. The zero-order chi connectivity index (χ0) is 10.8. The number of aromatic hydroxyl groups is 1. The van der Waals surface area contributed by atoms with Gasteiger partial charge in [0.1, 0.15) is 5.75 Å². The lowest BCUT2D eigenvalue weighted by molar-refractivity contribution is 0.0782. The van der Waals surface area contributed by atoms with E-state index in [0.717, 1.165) is 6.42 Å². The molecule has 80 valence electrons. The SMILES string of the molecule is N[C@H]1CCN(C(=O)c2ncccc2O)C1. The van der Waals surface area contributed by atoms with Crippen LogP contribution < -0.4 is 5.73 Å². The second-order valence-electron chi connectivity index (χ2n) is 3.67. The smallest absolute Gasteiger partial charge is 0.276 e. The van der Waals surface area contributed by atoms with E-state index in [9.17, 15) is 9.90 Å². The number of hydrogen-bond donors (Lipinski definition) is 2. The molecule has 1 saturated heterocycles. The van der Waals surface area contributed by atoms with E-state index in [4.69, 9.17) is 5.73 Å². The Balaban J connectivity index is 2.18. The molecule has 1 aromatic heterocycles. The van der Waals surface area contributed by atoms with Gasteiger partial charge in [-0.05, 0) is 18.6 Å². The van der Waals surface area contributed by atoms with Gasteiger partial charge in [-0.1, -0.05) is 0 Å². The Morgan fingerprint density at radius 3 is 3.07 bits per heavy atom. The molecular formula is C10H13N3O2. The Bertz CT molecular complexity index is 381. The van der Waals surface area contributed by atoms with Crippen molar-refractivity contribution in [2.75, 3.05) is 13.1 Å². The molecule has 1 fully saturated rings. The van der Waals surface area contributed by atoms with Gasteiger partial charge in [0.05, 0.1) is 0 Å². The first-order valence-corrected chi connectivity index (χ1v) is 4.87. The molecule has 5 nitrogen and oxygen atoms in total. The molecule has 15 heavy (non-hydrogen) atoms. The van der Waals surface area contributed by atoms with Crippen molar-refractivity contribution in [3.05, 3.63) is 24.0 Å². The van der Waals surface area contributed by atoms with Gasteiger partial charge in [0, 0.05) is 25.3 Å². The van der Waals surface area contributed by atoms with E-state index in [1.807, 2.05) is 0 Å². The number of nitrogens with two attached hydrogens (primary N) is 1. The van der Waals surface area contributed by atoms with Crippen LogP contribution in [0.15, 0.2) is 18.3 Å². The van der Waals surface area contributed by atoms with E-state index < -0.39 is 0 Å². The molecule has 0 saturated carbocycles. The maximum absolute atomic E-state index is 11.9. The average Bonchev–Trinajstić information content (AvgIpc) is 2.65. The maximum atomic E-state index is 11.9. The number of hydrogen-bond acceptors (Lipinski definition) is 4. The minimum Gasteiger partial charge on any atom is -0.505 e. The second-order valence-corrected chi connectivity index (χ2v) is 3.67. The first-order chi connectivity index (χ1) is 7.18. The molecule has 1 aromatic rings. The summed E-state index contributed by atoms with van der Waals surface area (Å²) in [6.45, 7) is 1.17. The Labute approximate surface area is 87.5 Å². The lowest BCUT2D eigenvalue weighted by atomic mass is 10.3. The standard InChI is InChI=1S/C10H13N3O2/c11-7-3-5-13(6-7)10(15)9-8(14)2-1-4-12-9/h1-2,4,7,14H,3,5-6,11H2/t7-/m0/s1. The largest absolute Gasteiger partial charge is 0.505 e. The van der Waals surface area contributed by atoms with Gasteiger partial charge in [0.25, 0.3) is 5.91 Å². The minimum atomic E-state index is -0.249. The number of rotatable bonds is 1. The molecule has 1 atom stereocenters. The first-order valence-electron chi connectivity index (χ1n) is 4.87. The van der Waals surface area contributed by atoms with Gasteiger partial charge in [-0.3, -0.25) is 4.79 Å². The van der Waals surface area contributed by atoms with Crippen molar-refractivity contribution in [2.24, 2.45) is 5.73 Å². The minimum absolute atomic E-state index is 0.0415. The number of carbonyl (C=O) groups excluding carboxylic acids is 1. The number of pyridine rings is 1. The Morgan fingerprint density at radius 2 is 2.47 bits per heavy atom. The van der Waals surface area contributed by atoms with Crippen molar-refractivity contribution in [1.82, 2.24) is 9.88 Å². The van der Waals surface area contributed by atoms with E-state index in [-0.39, 0.29) is 23.4 Å². The van der Waals surface area contributed by atoms with Crippen LogP contribution in [-0.2, 0) is 0 Å². The van der Waals surface area contributed by atoms with Gasteiger partial charge in [0.2, 0.25) is 0 Å². The lowest BCUT2D eigenvalue weighted by Crippen LogP contribution is -2.32. The predicted octanol–water partition coefficient (Wildman–Crippen LogP) is -0.0396. The van der Waals surface area contributed by atoms with Gasteiger partial charge in [-0.15, -0.1) is 0 Å². The summed E-state index contributed by atoms with van der Waals surface area (Å²) in [6, 6.07) is 3.08. The molecule has 1 aliphatic rings. The first kappa shape index (κ1) is 9.92. The van der Waals surface area contributed by atoms with Crippen molar-refractivity contribution in [3.8, 4) is 5.75 Å². The summed E-state index contributed by atoms with van der Waals surface area (Å²) in [5.74, 6) is -0.330. The second kappa shape index (κ2) is 3.86. The molecule has 0 unspecified atom stereocenters. The van der Waals surface area contributed by atoms with Crippen LogP contribution in [0.1, 0.15) is 16.9 Å². The van der Waals surface area contributed by atoms with Crippen LogP contribution in [0, 0.1) is 0 Å². The fourth-order valence-corrected chi connectivity index (χ4v) is 1.68. The highest BCUT2D eigenvalue weighted by Gasteiger charge is 2.26. The Hall–Kier alpha value is -1.62. The van der Waals surface area contributed by atoms with E-state index >= 15 is 0 Å². The summed E-state index contributed by atoms with van der Waals surface area (Å²) < 4.78 is 0. The van der Waals surface area contributed by atoms with E-state index in [0.29, 0.717) is 13.1 Å². The fourth-order valence-electron chi connectivity index (χ4n) is 1.68. The number of nitrogens with zero attached hydrogens (tertiary/aromatic N) is 2. The highest BCUT2D eigenvalue weighted by Crippen LogP contribution is 2.17. The monoisotopic (exact) mass is 207 g/mol. The van der Waals surface area contributed by atoms with Gasteiger partial charge in [-0.25, -0.2) is 4.98 Å². The molecule has 2 heterocycles. The van der Waals surface area contributed by atoms with E-state index in [1.165, 1.54) is 12.3 Å². The van der Waals surface area contributed by atoms with E-state index in [1.54, 1.807) is 11.0 Å². The Kier molecular flexibility index (Phi) is 2.55. The average molecular weight is 207 g/mol. The molecule has 3 N–H and O–H groups in total. The molecule has 5 heteroatoms. The van der Waals surface area contributed by atoms with Crippen LogP contribution in [0.5, 0.6) is 5.75 Å². The number of carbonyl (C=O) groups is 1. The molecule has 0 bridgehead atoms. The normalized spacial score (nSPS) is 20.6. The molecule has 2 rings (SSSR count). The molecule has 0 radical (unpaired) electrons. The molecule has 1 aliphatic heterocycles. The zero-order valence-electron chi connectivity index (χ0n) is 8.26. The predicted molar refractivity (Wildman–Crippen MR) is 54.4 cm³/mol. The maximum Gasteiger partial charge on any atom is 0.276 e. The third-order valence-corrected chi connectivity index (χ3v) is 2.50. The summed E-state index contributed by atoms with van der Waals surface area (Å²) in [5, 5.41) is 9.47. The van der Waals surface area contributed by atoms with Crippen LogP contribution in [0.25, 0.3) is 0 Å². The van der Waals surface area contributed by atoms with Crippen molar-refractivity contribution in [1.29, 1.82) is 0 Å². The zero-order valence-corrected chi connectivity index (χ0v) is 8.26. The van der Waals surface area contributed by atoms with E-state index in [2.05, 4.69) is 4.98 Å². The fraction of sp³-hybridized carbons (Fsp3) is 0.400. The summed E-state index contributed by atoms with van der Waals surface area (Å²) >= 11 is 0. The topological polar surface area (TPSA) is 79.5 Å². The summed E-state index contributed by atoms with van der Waals surface area (Å²) in [6.07, 6.45) is 2.29. The lowest BCUT2D eigenvalue weighted by Gasteiger charge is -2.15. The van der Waals surface area contributed by atoms with Crippen molar-refractivity contribution < 1.29 is 9.90 Å². The van der Waals surface area contributed by atoms with Gasteiger partial charge in [0.15, 0.2) is 5.69 Å². The van der Waals surface area contributed by atoms with Crippen LogP contribution in [0.3, 0.4) is 0 Å². The number of aromatic nitrogens is 1. The molecule has 0 spiro atoms. The molecule has 1 amide bonds. The number of amides is 1. The van der Waals surface area contributed by atoms with Crippen molar-refractivity contribution in [2.45, 2.75) is 12.5 Å². The van der Waals surface area contributed by atoms with Crippen LogP contribution in [0.2, 0.25) is 0 Å². The quantitative estimate of drug-likeness (QED) is 0.677. The van der Waals surface area contributed by atoms with Crippen LogP contribution in [-0.4, -0.2) is 40.0 Å². The molecule has 0 aliphatic carbocycles. The number of likely N-dealkylation sites (tertiary alicyclic amines) is 1.